The minimum Gasteiger partial charge on any atom is -0.298 e. The molecule has 0 spiro atoms. The average molecular weight is 147 g/mol. The fraction of sp³-hybridized carbons (Fsp3) is 0.111. The molecule has 0 amide bonds. The van der Waals surface area contributed by atoms with Crippen LogP contribution in [-0.4, -0.2) is 11.3 Å². The lowest BCUT2D eigenvalue weighted by molar-refractivity contribution is -0.103. The molecule has 0 aromatic carbocycles. The van der Waals surface area contributed by atoms with Crippen LogP contribution in [0.4, 0.5) is 0 Å². The van der Waals surface area contributed by atoms with E-state index in [-0.39, 0.29) is 0 Å². The first-order valence-electron chi connectivity index (χ1n) is 3.40. The first-order chi connectivity index (χ1) is 5.38. The van der Waals surface area contributed by atoms with Crippen LogP contribution in [0.15, 0.2) is 30.6 Å². The molecule has 1 heterocycles. The normalized spacial score (nSPS) is 11.2. The van der Waals surface area contributed by atoms with E-state index in [4.69, 9.17) is 0 Å². The highest BCUT2D eigenvalue weighted by Gasteiger charge is 1.95. The van der Waals surface area contributed by atoms with Gasteiger partial charge in [-0.15, -0.1) is 0 Å². The van der Waals surface area contributed by atoms with Crippen LogP contribution < -0.4 is 0 Å². The van der Waals surface area contributed by atoms with Gasteiger partial charge in [-0.2, -0.15) is 0 Å². The van der Waals surface area contributed by atoms with Crippen molar-refractivity contribution in [2.24, 2.45) is 0 Å². The zero-order chi connectivity index (χ0) is 8.10. The maximum Gasteiger partial charge on any atom is 0.150 e. The SMILES string of the molecule is C/C=C(\C=O)c1ccncc1. The van der Waals surface area contributed by atoms with Gasteiger partial charge in [-0.3, -0.25) is 9.78 Å². The smallest absolute Gasteiger partial charge is 0.150 e. The number of rotatable bonds is 2. The minimum atomic E-state index is 0.701. The molecule has 11 heavy (non-hydrogen) atoms. The van der Waals surface area contributed by atoms with E-state index >= 15 is 0 Å². The second kappa shape index (κ2) is 3.66. The van der Waals surface area contributed by atoms with Gasteiger partial charge in [0, 0.05) is 18.0 Å². The first kappa shape index (κ1) is 7.66. The van der Waals surface area contributed by atoms with E-state index in [0.29, 0.717) is 5.57 Å². The van der Waals surface area contributed by atoms with Gasteiger partial charge in [-0.05, 0) is 24.6 Å². The first-order valence-corrected chi connectivity index (χ1v) is 3.40. The summed E-state index contributed by atoms with van der Waals surface area (Å²) in [4.78, 5) is 14.3. The molecule has 2 nitrogen and oxygen atoms in total. The molecule has 1 aromatic rings. The minimum absolute atomic E-state index is 0.701. The van der Waals surface area contributed by atoms with Crippen LogP contribution >= 0.6 is 0 Å². The van der Waals surface area contributed by atoms with Crippen molar-refractivity contribution in [1.82, 2.24) is 4.98 Å². The van der Waals surface area contributed by atoms with Crippen molar-refractivity contribution in [3.8, 4) is 0 Å². The average Bonchev–Trinajstić information content (AvgIpc) is 2.09. The summed E-state index contributed by atoms with van der Waals surface area (Å²) in [7, 11) is 0. The molecule has 0 unspecified atom stereocenters. The zero-order valence-electron chi connectivity index (χ0n) is 6.32. The predicted octanol–water partition coefficient (Wildman–Crippen LogP) is 1.68. The van der Waals surface area contributed by atoms with E-state index in [1.165, 1.54) is 0 Å². The van der Waals surface area contributed by atoms with Crippen molar-refractivity contribution in [1.29, 1.82) is 0 Å². The Morgan fingerprint density at radius 1 is 1.45 bits per heavy atom. The molecule has 0 radical (unpaired) electrons. The van der Waals surface area contributed by atoms with Crippen LogP contribution in [0.2, 0.25) is 0 Å². The fourth-order valence-corrected chi connectivity index (χ4v) is 0.847. The number of hydrogen-bond acceptors (Lipinski definition) is 2. The molecule has 56 valence electrons. The van der Waals surface area contributed by atoms with Gasteiger partial charge < -0.3 is 0 Å². The summed E-state index contributed by atoms with van der Waals surface area (Å²) < 4.78 is 0. The van der Waals surface area contributed by atoms with Crippen LogP contribution in [0.1, 0.15) is 12.5 Å². The molecule has 0 aliphatic heterocycles. The van der Waals surface area contributed by atoms with Crippen LogP contribution in [-0.2, 0) is 4.79 Å². The highest BCUT2D eigenvalue weighted by molar-refractivity contribution is 6.06. The third-order valence-electron chi connectivity index (χ3n) is 1.45. The summed E-state index contributed by atoms with van der Waals surface area (Å²) in [6.45, 7) is 1.84. The number of hydrogen-bond donors (Lipinski definition) is 0. The van der Waals surface area contributed by atoms with Crippen LogP contribution in [0.5, 0.6) is 0 Å². The Kier molecular flexibility index (Phi) is 2.55. The van der Waals surface area contributed by atoms with Gasteiger partial charge in [0.25, 0.3) is 0 Å². The van der Waals surface area contributed by atoms with E-state index in [1.54, 1.807) is 18.5 Å². The zero-order valence-corrected chi connectivity index (χ0v) is 6.32. The molecular weight excluding hydrogens is 138 g/mol. The molecular formula is C9H9NO. The van der Waals surface area contributed by atoms with Gasteiger partial charge in [0.15, 0.2) is 0 Å². The topological polar surface area (TPSA) is 30.0 Å². The third kappa shape index (κ3) is 1.74. The summed E-state index contributed by atoms with van der Waals surface area (Å²) in [6, 6.07) is 3.62. The van der Waals surface area contributed by atoms with E-state index < -0.39 is 0 Å². The number of carbonyl (C=O) groups is 1. The monoisotopic (exact) mass is 147 g/mol. The molecule has 1 aromatic heterocycles. The molecule has 0 bridgehead atoms. The van der Waals surface area contributed by atoms with Crippen molar-refractivity contribution in [3.63, 3.8) is 0 Å². The molecule has 2 heteroatoms. The Bertz CT molecular complexity index is 264. The van der Waals surface area contributed by atoms with Gasteiger partial charge in [-0.1, -0.05) is 6.08 Å². The molecule has 0 aliphatic rings. The Balaban J connectivity index is 3.01. The van der Waals surface area contributed by atoms with Gasteiger partial charge in [-0.25, -0.2) is 0 Å². The lowest BCUT2D eigenvalue weighted by Gasteiger charge is -1.95. The van der Waals surface area contributed by atoms with Crippen LogP contribution in [0.3, 0.4) is 0 Å². The maximum atomic E-state index is 10.4. The Hall–Kier alpha value is -1.44. The quantitative estimate of drug-likeness (QED) is 0.470. The van der Waals surface area contributed by atoms with Gasteiger partial charge in [0.2, 0.25) is 0 Å². The summed E-state index contributed by atoms with van der Waals surface area (Å²) in [5.74, 6) is 0. The number of allylic oxidation sites excluding steroid dienone is 2. The third-order valence-corrected chi connectivity index (χ3v) is 1.45. The van der Waals surface area contributed by atoms with Crippen molar-refractivity contribution < 1.29 is 4.79 Å². The number of nitrogens with zero attached hydrogens (tertiary/aromatic N) is 1. The molecule has 0 fully saturated rings. The van der Waals surface area contributed by atoms with Crippen molar-refractivity contribution in [2.75, 3.05) is 0 Å². The molecule has 0 N–H and O–H groups in total. The van der Waals surface area contributed by atoms with Crippen LogP contribution in [0, 0.1) is 0 Å². The lowest BCUT2D eigenvalue weighted by Crippen LogP contribution is -1.84. The van der Waals surface area contributed by atoms with Gasteiger partial charge in [0.05, 0.1) is 0 Å². The second-order valence-corrected chi connectivity index (χ2v) is 2.10. The van der Waals surface area contributed by atoms with E-state index in [2.05, 4.69) is 4.98 Å². The van der Waals surface area contributed by atoms with Gasteiger partial charge in [0.1, 0.15) is 6.29 Å². The standard InChI is InChI=1S/C9H9NO/c1-2-8(7-11)9-3-5-10-6-4-9/h2-7H,1H3/b8-2+. The Morgan fingerprint density at radius 2 is 2.09 bits per heavy atom. The van der Waals surface area contributed by atoms with E-state index in [9.17, 15) is 4.79 Å². The summed E-state index contributed by atoms with van der Waals surface area (Å²) >= 11 is 0. The fourth-order valence-electron chi connectivity index (χ4n) is 0.847. The summed E-state index contributed by atoms with van der Waals surface area (Å²) in [6.07, 6.45) is 5.96. The molecule has 0 saturated carbocycles. The van der Waals surface area contributed by atoms with Crippen molar-refractivity contribution in [3.05, 3.63) is 36.2 Å². The summed E-state index contributed by atoms with van der Waals surface area (Å²) in [5.41, 5.74) is 1.62. The van der Waals surface area contributed by atoms with Crippen molar-refractivity contribution >= 4 is 11.9 Å². The highest BCUT2D eigenvalue weighted by atomic mass is 16.1. The van der Waals surface area contributed by atoms with Crippen molar-refractivity contribution in [2.45, 2.75) is 6.92 Å². The Morgan fingerprint density at radius 3 is 2.55 bits per heavy atom. The largest absolute Gasteiger partial charge is 0.298 e. The Labute approximate surface area is 65.6 Å². The molecule has 0 aliphatic carbocycles. The summed E-state index contributed by atoms with van der Waals surface area (Å²) in [5, 5.41) is 0. The van der Waals surface area contributed by atoms with Crippen LogP contribution in [0.25, 0.3) is 5.57 Å². The number of pyridine rings is 1. The number of aromatic nitrogens is 1. The highest BCUT2D eigenvalue weighted by Crippen LogP contribution is 2.08. The molecule has 1 rings (SSSR count). The maximum absolute atomic E-state index is 10.4. The molecule has 0 atom stereocenters. The second-order valence-electron chi connectivity index (χ2n) is 2.10. The van der Waals surface area contributed by atoms with E-state index in [0.717, 1.165) is 11.8 Å². The number of aldehydes is 1. The predicted molar refractivity (Wildman–Crippen MR) is 44.0 cm³/mol. The van der Waals surface area contributed by atoms with Gasteiger partial charge >= 0.3 is 0 Å². The molecule has 0 saturated heterocycles. The number of carbonyl (C=O) groups excluding carboxylic acids is 1. The lowest BCUT2D eigenvalue weighted by atomic mass is 10.1. The van der Waals surface area contributed by atoms with E-state index in [1.807, 2.05) is 19.1 Å².